The first kappa shape index (κ1) is 31.2. The Bertz CT molecular complexity index is 3190. The summed E-state index contributed by atoms with van der Waals surface area (Å²) in [6, 6.07) is 70.8. The lowest BCUT2D eigenvalue weighted by Crippen LogP contribution is -2.10. The molecule has 55 heavy (non-hydrogen) atoms. The Morgan fingerprint density at radius 2 is 0.909 bits per heavy atom. The van der Waals surface area contributed by atoms with Gasteiger partial charge in [0.1, 0.15) is 16.7 Å². The fourth-order valence-corrected chi connectivity index (χ4v) is 8.24. The number of rotatable bonds is 6. The Labute approximate surface area is 317 Å². The molecule has 0 bridgehead atoms. The summed E-state index contributed by atoms with van der Waals surface area (Å²) in [6.45, 7) is 0. The van der Waals surface area contributed by atoms with Gasteiger partial charge in [-0.15, -0.1) is 0 Å². The summed E-state index contributed by atoms with van der Waals surface area (Å²) in [5.74, 6) is 0. The third-order valence-corrected chi connectivity index (χ3v) is 10.9. The highest BCUT2D eigenvalue weighted by Crippen LogP contribution is 2.45. The quantitative estimate of drug-likeness (QED) is 0.173. The molecule has 0 aliphatic carbocycles. The van der Waals surface area contributed by atoms with Crippen LogP contribution in [0.5, 0.6) is 0 Å². The summed E-state index contributed by atoms with van der Waals surface area (Å²) in [7, 11) is 0. The number of hydrogen-bond acceptors (Lipinski definition) is 3. The minimum Gasteiger partial charge on any atom is -0.455 e. The maximum Gasteiger partial charge on any atom is 0.159 e. The van der Waals surface area contributed by atoms with Crippen LogP contribution in [0.15, 0.2) is 209 Å². The van der Waals surface area contributed by atoms with E-state index in [0.29, 0.717) is 0 Å². The summed E-state index contributed by atoms with van der Waals surface area (Å²) in [5, 5.41) is 6.81. The second kappa shape index (κ2) is 12.6. The Kier molecular flexibility index (Phi) is 7.17. The van der Waals surface area contributed by atoms with Gasteiger partial charge >= 0.3 is 0 Å². The van der Waals surface area contributed by atoms with Crippen LogP contribution in [-0.4, -0.2) is 0 Å². The molecule has 0 atom stereocenters. The second-order valence-electron chi connectivity index (χ2n) is 14.1. The highest BCUT2D eigenvalue weighted by atomic mass is 16.3. The monoisotopic (exact) mass is 703 g/mol. The van der Waals surface area contributed by atoms with Crippen molar-refractivity contribution < 1.29 is 8.83 Å². The zero-order valence-electron chi connectivity index (χ0n) is 29.8. The third kappa shape index (κ3) is 5.20. The molecule has 258 valence electrons. The Morgan fingerprint density at radius 1 is 0.309 bits per heavy atom. The lowest BCUT2D eigenvalue weighted by Gasteiger charge is -2.25. The first-order valence-corrected chi connectivity index (χ1v) is 18.7. The third-order valence-electron chi connectivity index (χ3n) is 10.9. The summed E-state index contributed by atoms with van der Waals surface area (Å²) >= 11 is 0. The summed E-state index contributed by atoms with van der Waals surface area (Å²) in [5.41, 5.74) is 13.3. The lowest BCUT2D eigenvalue weighted by molar-refractivity contribution is 0.668. The Morgan fingerprint density at radius 3 is 1.75 bits per heavy atom. The van der Waals surface area contributed by atoms with Crippen LogP contribution in [0.4, 0.5) is 17.1 Å². The van der Waals surface area contributed by atoms with Crippen molar-refractivity contribution in [2.75, 3.05) is 4.90 Å². The van der Waals surface area contributed by atoms with Crippen molar-refractivity contribution in [3.8, 4) is 33.4 Å². The molecule has 0 aliphatic heterocycles. The van der Waals surface area contributed by atoms with Gasteiger partial charge in [0.2, 0.25) is 0 Å². The van der Waals surface area contributed by atoms with Gasteiger partial charge in [-0.1, -0.05) is 152 Å². The van der Waals surface area contributed by atoms with E-state index < -0.39 is 0 Å². The molecular formula is C52H33NO2. The normalized spacial score (nSPS) is 11.6. The highest BCUT2D eigenvalue weighted by molar-refractivity contribution is 6.13. The van der Waals surface area contributed by atoms with Crippen LogP contribution in [0.2, 0.25) is 0 Å². The van der Waals surface area contributed by atoms with Crippen molar-refractivity contribution >= 4 is 71.7 Å². The molecule has 0 amide bonds. The van der Waals surface area contributed by atoms with E-state index in [-0.39, 0.29) is 0 Å². The molecule has 3 nitrogen and oxygen atoms in total. The molecule has 9 aromatic carbocycles. The topological polar surface area (TPSA) is 29.5 Å². The summed E-state index contributed by atoms with van der Waals surface area (Å²) < 4.78 is 13.5. The molecule has 11 aromatic rings. The molecule has 0 unspecified atom stereocenters. The molecule has 2 heterocycles. The maximum absolute atomic E-state index is 6.77. The van der Waals surface area contributed by atoms with Gasteiger partial charge in [0.05, 0.1) is 11.4 Å². The predicted octanol–water partition coefficient (Wildman–Crippen LogP) is 15.1. The SMILES string of the molecule is c1ccc(-c2ccc3oc4c(N(c5ccc(-c6cccc7ccccc67)cc5)c5ccc6c(c5)oc5c(-c7ccccc7)cccc56)cccc4c3c2)cc1. The van der Waals surface area contributed by atoms with Gasteiger partial charge in [0.25, 0.3) is 0 Å². The molecule has 0 aliphatic rings. The standard InChI is InChI=1S/C52H33NO2/c1-3-12-34(13-4-1)38-26-31-49-47(32-38)46-22-11-23-48(52(46)54-49)53(39-27-24-37(25-28-39)42-19-9-17-35-16-7-8-18-41(35)42)40-29-30-44-45-21-10-20-43(36-14-5-2-6-15-36)51(45)55-50(44)33-40/h1-33H. The average molecular weight is 704 g/mol. The largest absolute Gasteiger partial charge is 0.455 e. The average Bonchev–Trinajstić information content (AvgIpc) is 3.83. The fraction of sp³-hybridized carbons (Fsp3) is 0. The highest BCUT2D eigenvalue weighted by Gasteiger charge is 2.22. The van der Waals surface area contributed by atoms with Crippen molar-refractivity contribution in [1.82, 2.24) is 0 Å². The molecule has 0 fully saturated rings. The molecule has 0 spiro atoms. The number of nitrogens with zero attached hydrogens (tertiary/aromatic N) is 1. The predicted molar refractivity (Wildman–Crippen MR) is 229 cm³/mol. The zero-order valence-corrected chi connectivity index (χ0v) is 29.8. The van der Waals surface area contributed by atoms with Gasteiger partial charge in [-0.3, -0.25) is 0 Å². The summed E-state index contributed by atoms with van der Waals surface area (Å²) in [6.07, 6.45) is 0. The second-order valence-corrected chi connectivity index (χ2v) is 14.1. The minimum absolute atomic E-state index is 0.830. The van der Waals surface area contributed by atoms with Crippen molar-refractivity contribution in [3.63, 3.8) is 0 Å². The molecule has 2 aromatic heterocycles. The molecule has 0 saturated heterocycles. The number of para-hydroxylation sites is 2. The van der Waals surface area contributed by atoms with Gasteiger partial charge in [-0.05, 0) is 81.1 Å². The van der Waals surface area contributed by atoms with Crippen molar-refractivity contribution in [2.45, 2.75) is 0 Å². The van der Waals surface area contributed by atoms with Gasteiger partial charge in [-0.2, -0.15) is 0 Å². The van der Waals surface area contributed by atoms with E-state index >= 15 is 0 Å². The lowest BCUT2D eigenvalue weighted by atomic mass is 9.98. The molecular weight excluding hydrogens is 671 g/mol. The number of anilines is 3. The van der Waals surface area contributed by atoms with Crippen LogP contribution in [0.25, 0.3) is 88.0 Å². The van der Waals surface area contributed by atoms with E-state index in [1.54, 1.807) is 0 Å². The van der Waals surface area contributed by atoms with E-state index in [9.17, 15) is 0 Å². The van der Waals surface area contributed by atoms with E-state index in [0.717, 1.165) is 83.2 Å². The number of furan rings is 2. The van der Waals surface area contributed by atoms with E-state index in [1.165, 1.54) is 21.9 Å². The van der Waals surface area contributed by atoms with E-state index in [1.807, 2.05) is 6.07 Å². The first-order chi connectivity index (χ1) is 27.3. The minimum atomic E-state index is 0.830. The van der Waals surface area contributed by atoms with E-state index in [2.05, 4.69) is 199 Å². The molecule has 3 heteroatoms. The number of fused-ring (bicyclic) bond motifs is 7. The molecule has 0 saturated carbocycles. The summed E-state index contributed by atoms with van der Waals surface area (Å²) in [4.78, 5) is 2.29. The van der Waals surface area contributed by atoms with Crippen molar-refractivity contribution in [3.05, 3.63) is 200 Å². The molecule has 0 N–H and O–H groups in total. The van der Waals surface area contributed by atoms with Crippen molar-refractivity contribution in [1.29, 1.82) is 0 Å². The Balaban J connectivity index is 1.10. The molecule has 11 rings (SSSR count). The van der Waals surface area contributed by atoms with Gasteiger partial charge in [0, 0.05) is 38.9 Å². The van der Waals surface area contributed by atoms with Gasteiger partial charge in [0.15, 0.2) is 5.58 Å². The van der Waals surface area contributed by atoms with E-state index in [4.69, 9.17) is 8.83 Å². The van der Waals surface area contributed by atoms with Crippen LogP contribution < -0.4 is 4.90 Å². The number of benzene rings is 9. The van der Waals surface area contributed by atoms with Crippen molar-refractivity contribution in [2.24, 2.45) is 0 Å². The smallest absolute Gasteiger partial charge is 0.159 e. The van der Waals surface area contributed by atoms with Crippen LogP contribution in [0, 0.1) is 0 Å². The van der Waals surface area contributed by atoms with Crippen LogP contribution in [-0.2, 0) is 0 Å². The van der Waals surface area contributed by atoms with Crippen LogP contribution in [0.3, 0.4) is 0 Å². The van der Waals surface area contributed by atoms with Crippen LogP contribution in [0.1, 0.15) is 0 Å². The van der Waals surface area contributed by atoms with Gasteiger partial charge < -0.3 is 13.7 Å². The Hall–Kier alpha value is -7.36. The zero-order chi connectivity index (χ0) is 36.3. The first-order valence-electron chi connectivity index (χ1n) is 18.7. The molecule has 0 radical (unpaired) electrons. The van der Waals surface area contributed by atoms with Crippen LogP contribution >= 0.6 is 0 Å². The maximum atomic E-state index is 6.77. The van der Waals surface area contributed by atoms with Gasteiger partial charge in [-0.25, -0.2) is 0 Å². The fourth-order valence-electron chi connectivity index (χ4n) is 8.24. The number of hydrogen-bond donors (Lipinski definition) is 0.